The van der Waals surface area contributed by atoms with Gasteiger partial charge in [0.05, 0.1) is 24.2 Å². The molecule has 2 aliphatic heterocycles. The van der Waals surface area contributed by atoms with Gasteiger partial charge >= 0.3 is 0 Å². The normalized spacial score (nSPS) is 30.9. The van der Waals surface area contributed by atoms with Crippen LogP contribution in [0.2, 0.25) is 0 Å². The van der Waals surface area contributed by atoms with Gasteiger partial charge in [0, 0.05) is 19.2 Å². The largest absolute Gasteiger partial charge is 0.378 e. The standard InChI is InChI=1S/C16H29N3O3S/c1-12(2)9-17-16(19-15-4-6-22-13(3)8-15)18-10-14-5-7-23(20,21)11-14/h13-15H,1,4-11H2,2-3H3,(H2,17,18,19). The number of nitrogens with one attached hydrogen (secondary N) is 2. The fraction of sp³-hybridized carbons (Fsp3) is 0.812. The molecule has 3 unspecified atom stereocenters. The van der Waals surface area contributed by atoms with E-state index in [1.54, 1.807) is 0 Å². The number of rotatable bonds is 5. The average Bonchev–Trinajstić information content (AvgIpc) is 2.81. The van der Waals surface area contributed by atoms with Crippen molar-refractivity contribution in [3.8, 4) is 0 Å². The number of hydrogen-bond acceptors (Lipinski definition) is 4. The molecule has 2 fully saturated rings. The highest BCUT2D eigenvalue weighted by atomic mass is 32.2. The Morgan fingerprint density at radius 1 is 1.39 bits per heavy atom. The summed E-state index contributed by atoms with van der Waals surface area (Å²) in [4.78, 5) is 4.54. The van der Waals surface area contributed by atoms with Crippen LogP contribution in [0.3, 0.4) is 0 Å². The first-order chi connectivity index (χ1) is 10.8. The summed E-state index contributed by atoms with van der Waals surface area (Å²) in [6.07, 6.45) is 2.89. The van der Waals surface area contributed by atoms with Gasteiger partial charge in [0.2, 0.25) is 0 Å². The lowest BCUT2D eigenvalue weighted by Gasteiger charge is -2.29. The number of guanidine groups is 1. The van der Waals surface area contributed by atoms with Crippen LogP contribution in [0.1, 0.15) is 33.1 Å². The third-order valence-corrected chi connectivity index (χ3v) is 6.05. The molecular weight excluding hydrogens is 314 g/mol. The van der Waals surface area contributed by atoms with Gasteiger partial charge in [-0.3, -0.25) is 0 Å². The summed E-state index contributed by atoms with van der Waals surface area (Å²) in [5.41, 5.74) is 0.995. The lowest BCUT2D eigenvalue weighted by Crippen LogP contribution is -2.48. The van der Waals surface area contributed by atoms with E-state index in [1.165, 1.54) is 0 Å². The summed E-state index contributed by atoms with van der Waals surface area (Å²) < 4.78 is 28.7. The van der Waals surface area contributed by atoms with Crippen LogP contribution in [0, 0.1) is 5.92 Å². The van der Waals surface area contributed by atoms with Gasteiger partial charge in [-0.15, -0.1) is 0 Å². The molecule has 0 radical (unpaired) electrons. The molecule has 2 rings (SSSR count). The molecule has 0 saturated carbocycles. The third kappa shape index (κ3) is 6.51. The smallest absolute Gasteiger partial charge is 0.191 e. The van der Waals surface area contributed by atoms with Crippen molar-refractivity contribution in [2.24, 2.45) is 10.9 Å². The fourth-order valence-electron chi connectivity index (χ4n) is 2.96. The van der Waals surface area contributed by atoms with Crippen LogP contribution in [0.15, 0.2) is 17.1 Å². The Balaban J connectivity index is 1.89. The molecule has 0 spiro atoms. The first-order valence-corrected chi connectivity index (χ1v) is 10.2. The molecule has 0 aliphatic carbocycles. The molecule has 0 amide bonds. The summed E-state index contributed by atoms with van der Waals surface area (Å²) in [5, 5.41) is 6.76. The molecule has 2 heterocycles. The second kappa shape index (κ2) is 8.15. The maximum atomic E-state index is 11.6. The SMILES string of the molecule is C=C(C)CN=C(NCC1CCS(=O)(=O)C1)NC1CCOC(C)C1. The van der Waals surface area contributed by atoms with E-state index in [9.17, 15) is 8.42 Å². The van der Waals surface area contributed by atoms with E-state index >= 15 is 0 Å². The molecule has 6 nitrogen and oxygen atoms in total. The molecule has 0 bridgehead atoms. The summed E-state index contributed by atoms with van der Waals surface area (Å²) in [6, 6.07) is 0.336. The molecule has 0 aromatic carbocycles. The Kier molecular flexibility index (Phi) is 6.47. The first kappa shape index (κ1) is 18.3. The predicted molar refractivity (Wildman–Crippen MR) is 93.5 cm³/mol. The molecule has 2 aliphatic rings. The van der Waals surface area contributed by atoms with Gasteiger partial charge in [0.15, 0.2) is 15.8 Å². The number of sulfone groups is 1. The second-order valence-corrected chi connectivity index (χ2v) is 9.05. The molecular formula is C16H29N3O3S. The first-order valence-electron chi connectivity index (χ1n) is 8.35. The van der Waals surface area contributed by atoms with Gasteiger partial charge in [-0.2, -0.15) is 0 Å². The minimum atomic E-state index is -2.83. The van der Waals surface area contributed by atoms with Crippen molar-refractivity contribution in [1.82, 2.24) is 10.6 Å². The highest BCUT2D eigenvalue weighted by Gasteiger charge is 2.28. The van der Waals surface area contributed by atoms with Gasteiger partial charge in [-0.05, 0) is 39.0 Å². The van der Waals surface area contributed by atoms with Gasteiger partial charge in [0.1, 0.15) is 0 Å². The molecule has 3 atom stereocenters. The van der Waals surface area contributed by atoms with Crippen LogP contribution in [0.5, 0.6) is 0 Å². The highest BCUT2D eigenvalue weighted by Crippen LogP contribution is 2.17. The quantitative estimate of drug-likeness (QED) is 0.444. The third-order valence-electron chi connectivity index (χ3n) is 4.22. The maximum Gasteiger partial charge on any atom is 0.191 e. The van der Waals surface area contributed by atoms with E-state index in [1.807, 2.05) is 6.92 Å². The zero-order chi connectivity index (χ0) is 16.9. The van der Waals surface area contributed by atoms with Crippen molar-refractivity contribution in [3.05, 3.63) is 12.2 Å². The summed E-state index contributed by atoms with van der Waals surface area (Å²) in [6.45, 7) is 9.87. The van der Waals surface area contributed by atoms with Crippen molar-refractivity contribution in [2.45, 2.75) is 45.3 Å². The molecule has 2 saturated heterocycles. The Morgan fingerprint density at radius 3 is 2.78 bits per heavy atom. The maximum absolute atomic E-state index is 11.6. The Labute approximate surface area is 139 Å². The number of hydrogen-bond donors (Lipinski definition) is 2. The van der Waals surface area contributed by atoms with Crippen molar-refractivity contribution in [3.63, 3.8) is 0 Å². The number of aliphatic imine (C=N–C) groups is 1. The number of ether oxygens (including phenoxy) is 1. The Bertz CT molecular complexity index is 545. The lowest BCUT2D eigenvalue weighted by molar-refractivity contribution is 0.0165. The van der Waals surface area contributed by atoms with Crippen molar-refractivity contribution >= 4 is 15.8 Å². The van der Waals surface area contributed by atoms with Crippen molar-refractivity contribution in [1.29, 1.82) is 0 Å². The van der Waals surface area contributed by atoms with Crippen LogP contribution >= 0.6 is 0 Å². The van der Waals surface area contributed by atoms with E-state index in [4.69, 9.17) is 4.74 Å². The lowest BCUT2D eigenvalue weighted by atomic mass is 10.0. The molecule has 132 valence electrons. The van der Waals surface area contributed by atoms with Crippen LogP contribution in [-0.4, -0.2) is 57.7 Å². The summed E-state index contributed by atoms with van der Waals surface area (Å²) >= 11 is 0. The van der Waals surface area contributed by atoms with E-state index in [-0.39, 0.29) is 17.8 Å². The van der Waals surface area contributed by atoms with Crippen LogP contribution in [-0.2, 0) is 14.6 Å². The second-order valence-electron chi connectivity index (χ2n) is 6.82. The van der Waals surface area contributed by atoms with E-state index in [2.05, 4.69) is 29.1 Å². The average molecular weight is 343 g/mol. The van der Waals surface area contributed by atoms with Gasteiger partial charge < -0.3 is 15.4 Å². The Morgan fingerprint density at radius 2 is 2.17 bits per heavy atom. The summed E-state index contributed by atoms with van der Waals surface area (Å²) in [7, 11) is -2.83. The van der Waals surface area contributed by atoms with Crippen molar-refractivity contribution in [2.75, 3.05) is 31.2 Å². The van der Waals surface area contributed by atoms with Gasteiger partial charge in [0.25, 0.3) is 0 Å². The molecule has 2 N–H and O–H groups in total. The van der Waals surface area contributed by atoms with E-state index < -0.39 is 9.84 Å². The van der Waals surface area contributed by atoms with E-state index in [0.29, 0.717) is 24.9 Å². The van der Waals surface area contributed by atoms with E-state index in [0.717, 1.165) is 37.4 Å². The molecule has 0 aromatic rings. The van der Waals surface area contributed by atoms with Gasteiger partial charge in [-0.25, -0.2) is 13.4 Å². The minimum absolute atomic E-state index is 0.172. The van der Waals surface area contributed by atoms with Crippen LogP contribution in [0.25, 0.3) is 0 Å². The van der Waals surface area contributed by atoms with Gasteiger partial charge in [-0.1, -0.05) is 12.2 Å². The highest BCUT2D eigenvalue weighted by molar-refractivity contribution is 7.91. The van der Waals surface area contributed by atoms with Crippen LogP contribution in [0.4, 0.5) is 0 Å². The zero-order valence-electron chi connectivity index (χ0n) is 14.2. The Hall–Kier alpha value is -1.08. The molecule has 0 aromatic heterocycles. The van der Waals surface area contributed by atoms with Crippen molar-refractivity contribution < 1.29 is 13.2 Å². The minimum Gasteiger partial charge on any atom is -0.378 e. The predicted octanol–water partition coefficient (Wildman–Crippen LogP) is 1.10. The topological polar surface area (TPSA) is 79.8 Å². The fourth-order valence-corrected chi connectivity index (χ4v) is 4.82. The molecule has 7 heteroatoms. The number of nitrogens with zero attached hydrogens (tertiary/aromatic N) is 1. The molecule has 23 heavy (non-hydrogen) atoms. The summed E-state index contributed by atoms with van der Waals surface area (Å²) in [5.74, 6) is 1.51. The zero-order valence-corrected chi connectivity index (χ0v) is 15.0. The van der Waals surface area contributed by atoms with Crippen LogP contribution < -0.4 is 10.6 Å². The monoisotopic (exact) mass is 343 g/mol.